The van der Waals surface area contributed by atoms with Gasteiger partial charge in [0.25, 0.3) is 0 Å². The van der Waals surface area contributed by atoms with E-state index in [-0.39, 0.29) is 28.3 Å². The number of halogens is 2. The zero-order chi connectivity index (χ0) is 18.4. The molecule has 0 amide bonds. The molecule has 0 spiro atoms. The number of carbonyl (C=O) groups excluding carboxylic acids is 1. The van der Waals surface area contributed by atoms with Crippen molar-refractivity contribution in [1.82, 2.24) is 4.72 Å². The number of ether oxygens (including phenoxy) is 2. The minimum Gasteiger partial charge on any atom is -0.465 e. The van der Waals surface area contributed by atoms with Crippen LogP contribution in [0, 0.1) is 0 Å². The standard InChI is InChI=1S/C16H15F2NO5S/c1-23-15(20)11-6-4-7-13(9-11)25(21,22)19-10-12-5-2-3-8-14(12)24-16(17)18/h2-9,16,19H,10H2,1H3. The van der Waals surface area contributed by atoms with E-state index >= 15 is 0 Å². The zero-order valence-corrected chi connectivity index (χ0v) is 13.9. The molecule has 6 nitrogen and oxygen atoms in total. The highest BCUT2D eigenvalue weighted by molar-refractivity contribution is 7.89. The maximum absolute atomic E-state index is 12.4. The lowest BCUT2D eigenvalue weighted by Gasteiger charge is -2.12. The van der Waals surface area contributed by atoms with Crippen molar-refractivity contribution in [2.45, 2.75) is 18.1 Å². The van der Waals surface area contributed by atoms with E-state index in [1.807, 2.05) is 0 Å². The Kier molecular flexibility index (Phi) is 6.05. The van der Waals surface area contributed by atoms with Gasteiger partial charge in [-0.3, -0.25) is 0 Å². The Labute approximate surface area is 143 Å². The first-order valence-corrected chi connectivity index (χ1v) is 8.52. The van der Waals surface area contributed by atoms with Crippen molar-refractivity contribution in [2.75, 3.05) is 7.11 Å². The van der Waals surface area contributed by atoms with Crippen molar-refractivity contribution in [3.63, 3.8) is 0 Å². The number of benzene rings is 2. The summed E-state index contributed by atoms with van der Waals surface area (Å²) in [5.74, 6) is -0.795. The quantitative estimate of drug-likeness (QED) is 0.757. The molecular weight excluding hydrogens is 356 g/mol. The highest BCUT2D eigenvalue weighted by atomic mass is 32.2. The number of esters is 1. The van der Waals surface area contributed by atoms with Crippen LogP contribution in [0.15, 0.2) is 53.4 Å². The third-order valence-electron chi connectivity index (χ3n) is 3.21. The van der Waals surface area contributed by atoms with Gasteiger partial charge in [0.1, 0.15) is 5.75 Å². The van der Waals surface area contributed by atoms with Gasteiger partial charge in [-0.2, -0.15) is 8.78 Å². The molecule has 0 atom stereocenters. The molecule has 1 N–H and O–H groups in total. The molecule has 25 heavy (non-hydrogen) atoms. The Morgan fingerprint density at radius 1 is 1.16 bits per heavy atom. The third kappa shape index (κ3) is 4.97. The maximum Gasteiger partial charge on any atom is 0.387 e. The number of carbonyl (C=O) groups is 1. The van der Waals surface area contributed by atoms with E-state index in [1.165, 1.54) is 43.5 Å². The lowest BCUT2D eigenvalue weighted by Crippen LogP contribution is -2.24. The van der Waals surface area contributed by atoms with Crippen LogP contribution in [0.3, 0.4) is 0 Å². The topological polar surface area (TPSA) is 81.7 Å². The van der Waals surface area contributed by atoms with Crippen LogP contribution in [-0.4, -0.2) is 28.1 Å². The molecule has 0 saturated carbocycles. The summed E-state index contributed by atoms with van der Waals surface area (Å²) in [5, 5.41) is 0. The molecule has 0 bridgehead atoms. The lowest BCUT2D eigenvalue weighted by atomic mass is 10.2. The smallest absolute Gasteiger partial charge is 0.387 e. The summed E-state index contributed by atoms with van der Waals surface area (Å²) < 4.78 is 60.7. The van der Waals surface area contributed by atoms with Gasteiger partial charge in [0.05, 0.1) is 17.6 Å². The minimum absolute atomic E-state index is 0.0757. The summed E-state index contributed by atoms with van der Waals surface area (Å²) in [6.45, 7) is -3.28. The molecule has 0 aliphatic rings. The molecule has 9 heteroatoms. The Bertz CT molecular complexity index is 855. The second-order valence-corrected chi connectivity index (χ2v) is 6.60. The number of hydrogen-bond donors (Lipinski definition) is 1. The van der Waals surface area contributed by atoms with Crippen LogP contribution in [0.2, 0.25) is 0 Å². The Balaban J connectivity index is 2.19. The van der Waals surface area contributed by atoms with Crippen molar-refractivity contribution in [1.29, 1.82) is 0 Å². The molecule has 0 radical (unpaired) electrons. The van der Waals surface area contributed by atoms with Crippen molar-refractivity contribution in [3.8, 4) is 5.75 Å². The van der Waals surface area contributed by atoms with Gasteiger partial charge >= 0.3 is 12.6 Å². The third-order valence-corrected chi connectivity index (χ3v) is 4.61. The van der Waals surface area contributed by atoms with Crippen LogP contribution in [0.25, 0.3) is 0 Å². The number of hydrogen-bond acceptors (Lipinski definition) is 5. The van der Waals surface area contributed by atoms with E-state index in [1.54, 1.807) is 6.07 Å². The fourth-order valence-corrected chi connectivity index (χ4v) is 3.08. The molecular formula is C16H15F2NO5S. The van der Waals surface area contributed by atoms with Gasteiger partial charge in [0, 0.05) is 12.1 Å². The number of para-hydroxylation sites is 1. The molecule has 2 aromatic carbocycles. The normalized spacial score (nSPS) is 11.4. The van der Waals surface area contributed by atoms with Crippen LogP contribution in [-0.2, 0) is 21.3 Å². The fraction of sp³-hybridized carbons (Fsp3) is 0.188. The minimum atomic E-state index is -3.97. The molecule has 2 aromatic rings. The molecule has 2 rings (SSSR count). The molecule has 0 heterocycles. The SMILES string of the molecule is COC(=O)c1cccc(S(=O)(=O)NCc2ccccc2OC(F)F)c1. The molecule has 0 aromatic heterocycles. The summed E-state index contributed by atoms with van der Waals surface area (Å²) in [6, 6.07) is 11.1. The number of rotatable bonds is 7. The highest BCUT2D eigenvalue weighted by Gasteiger charge is 2.18. The van der Waals surface area contributed by atoms with Crippen LogP contribution >= 0.6 is 0 Å². The summed E-state index contributed by atoms with van der Waals surface area (Å²) in [7, 11) is -2.79. The first-order valence-electron chi connectivity index (χ1n) is 7.04. The predicted molar refractivity (Wildman–Crippen MR) is 84.9 cm³/mol. The van der Waals surface area contributed by atoms with Gasteiger partial charge in [-0.25, -0.2) is 17.9 Å². The molecule has 0 fully saturated rings. The number of sulfonamides is 1. The van der Waals surface area contributed by atoms with E-state index < -0.39 is 22.6 Å². The number of alkyl halides is 2. The maximum atomic E-state index is 12.4. The molecule has 134 valence electrons. The summed E-state index contributed by atoms with van der Waals surface area (Å²) >= 11 is 0. The molecule has 0 unspecified atom stereocenters. The van der Waals surface area contributed by atoms with Crippen LogP contribution in [0.4, 0.5) is 8.78 Å². The fourth-order valence-electron chi connectivity index (χ4n) is 2.02. The van der Waals surface area contributed by atoms with Crippen LogP contribution < -0.4 is 9.46 Å². The zero-order valence-electron chi connectivity index (χ0n) is 13.1. The summed E-state index contributed by atoms with van der Waals surface area (Å²) in [5.41, 5.74) is 0.322. The van der Waals surface area contributed by atoms with Crippen molar-refractivity contribution in [2.24, 2.45) is 0 Å². The molecule has 0 aliphatic carbocycles. The highest BCUT2D eigenvalue weighted by Crippen LogP contribution is 2.21. The predicted octanol–water partition coefficient (Wildman–Crippen LogP) is 2.55. The number of nitrogens with one attached hydrogen (secondary N) is 1. The van der Waals surface area contributed by atoms with Crippen molar-refractivity contribution in [3.05, 3.63) is 59.7 Å². The summed E-state index contributed by atoms with van der Waals surface area (Å²) in [6.07, 6.45) is 0. The van der Waals surface area contributed by atoms with Gasteiger partial charge in [0.2, 0.25) is 10.0 Å². The lowest BCUT2D eigenvalue weighted by molar-refractivity contribution is -0.0504. The van der Waals surface area contributed by atoms with E-state index in [0.29, 0.717) is 0 Å². The summed E-state index contributed by atoms with van der Waals surface area (Å²) in [4.78, 5) is 11.3. The Morgan fingerprint density at radius 2 is 1.88 bits per heavy atom. The van der Waals surface area contributed by atoms with E-state index in [9.17, 15) is 22.0 Å². The molecule has 0 aliphatic heterocycles. The largest absolute Gasteiger partial charge is 0.465 e. The van der Waals surface area contributed by atoms with E-state index in [0.717, 1.165) is 6.07 Å². The Hall–Kier alpha value is -2.52. The van der Waals surface area contributed by atoms with Gasteiger partial charge in [-0.05, 0) is 24.3 Å². The average Bonchev–Trinajstić information content (AvgIpc) is 2.60. The average molecular weight is 371 g/mol. The van der Waals surface area contributed by atoms with E-state index in [4.69, 9.17) is 0 Å². The Morgan fingerprint density at radius 3 is 2.56 bits per heavy atom. The number of methoxy groups -OCH3 is 1. The van der Waals surface area contributed by atoms with Gasteiger partial charge in [-0.1, -0.05) is 24.3 Å². The monoisotopic (exact) mass is 371 g/mol. The second-order valence-electron chi connectivity index (χ2n) is 4.83. The second kappa shape index (κ2) is 8.04. The van der Waals surface area contributed by atoms with Gasteiger partial charge < -0.3 is 9.47 Å². The molecule has 0 saturated heterocycles. The van der Waals surface area contributed by atoms with Crippen LogP contribution in [0.1, 0.15) is 15.9 Å². The van der Waals surface area contributed by atoms with Crippen LogP contribution in [0.5, 0.6) is 5.75 Å². The first-order chi connectivity index (χ1) is 11.8. The van der Waals surface area contributed by atoms with Crippen molar-refractivity contribution >= 4 is 16.0 Å². The first kappa shape index (κ1) is 18.8. The van der Waals surface area contributed by atoms with Crippen molar-refractivity contribution < 1.29 is 31.5 Å². The van der Waals surface area contributed by atoms with Gasteiger partial charge in [-0.15, -0.1) is 0 Å². The van der Waals surface area contributed by atoms with E-state index in [2.05, 4.69) is 14.2 Å². The van der Waals surface area contributed by atoms with Gasteiger partial charge in [0.15, 0.2) is 0 Å².